The highest BCUT2D eigenvalue weighted by molar-refractivity contribution is 7.14. The molecule has 0 fully saturated rings. The fourth-order valence-corrected chi connectivity index (χ4v) is 4.51. The summed E-state index contributed by atoms with van der Waals surface area (Å²) in [6.45, 7) is 3.95. The number of hydrogen-bond donors (Lipinski definition) is 2. The molecule has 0 spiro atoms. The second-order valence-corrected chi connectivity index (χ2v) is 7.52. The molecule has 0 saturated carbocycles. The van der Waals surface area contributed by atoms with E-state index in [1.54, 1.807) is 18.3 Å². The first-order chi connectivity index (χ1) is 12.5. The molecular weight excluding hydrogens is 352 g/mol. The number of fused-ring (bicyclic) bond motifs is 1. The smallest absolute Gasteiger partial charge is 0.328 e. The first-order valence-electron chi connectivity index (χ1n) is 8.57. The molecule has 1 aliphatic rings. The summed E-state index contributed by atoms with van der Waals surface area (Å²) in [7, 11) is 3.42. The Morgan fingerprint density at radius 2 is 2.08 bits per heavy atom. The van der Waals surface area contributed by atoms with Gasteiger partial charge in [0.1, 0.15) is 11.0 Å². The van der Waals surface area contributed by atoms with Gasteiger partial charge >= 0.3 is 12.0 Å². The van der Waals surface area contributed by atoms with Gasteiger partial charge in [-0.25, -0.2) is 9.59 Å². The first kappa shape index (κ1) is 18.5. The topological polar surface area (TPSA) is 75.6 Å². The van der Waals surface area contributed by atoms with Crippen LogP contribution in [0.3, 0.4) is 0 Å². The molecule has 1 aliphatic heterocycles. The van der Waals surface area contributed by atoms with Gasteiger partial charge < -0.3 is 24.8 Å². The molecule has 140 valence electrons. The van der Waals surface area contributed by atoms with Crippen LogP contribution in [0.15, 0.2) is 24.5 Å². The molecule has 3 heterocycles. The number of carbonyl (C=O) groups is 2. The van der Waals surface area contributed by atoms with E-state index < -0.39 is 12.0 Å². The van der Waals surface area contributed by atoms with Crippen LogP contribution >= 0.6 is 11.3 Å². The maximum Gasteiger partial charge on any atom is 0.328 e. The number of ether oxygens (including phenoxy) is 1. The number of nitrogens with zero attached hydrogens (tertiary/aromatic N) is 2. The zero-order valence-electron chi connectivity index (χ0n) is 15.2. The number of methoxy groups -OCH3 is 1. The minimum absolute atomic E-state index is 0.380. The van der Waals surface area contributed by atoms with Crippen LogP contribution in [-0.4, -0.2) is 48.2 Å². The Bertz CT molecular complexity index is 785. The summed E-state index contributed by atoms with van der Waals surface area (Å²) in [5.74, 6) is -0.468. The molecule has 8 heteroatoms. The lowest BCUT2D eigenvalue weighted by atomic mass is 10.0. The van der Waals surface area contributed by atoms with Crippen molar-refractivity contribution in [3.63, 3.8) is 0 Å². The zero-order valence-corrected chi connectivity index (χ0v) is 16.1. The molecule has 0 unspecified atom stereocenters. The van der Waals surface area contributed by atoms with Gasteiger partial charge in [0.05, 0.1) is 7.11 Å². The quantitative estimate of drug-likeness (QED) is 0.782. The molecule has 0 radical (unpaired) electrons. The maximum absolute atomic E-state index is 12.1. The van der Waals surface area contributed by atoms with Crippen LogP contribution in [0, 0.1) is 0 Å². The minimum atomic E-state index is -0.686. The molecule has 7 nitrogen and oxygen atoms in total. The van der Waals surface area contributed by atoms with Crippen LogP contribution in [0.2, 0.25) is 0 Å². The van der Waals surface area contributed by atoms with E-state index in [2.05, 4.69) is 31.9 Å². The van der Waals surface area contributed by atoms with E-state index in [9.17, 15) is 9.59 Å². The number of thiophene rings is 1. The molecule has 2 aromatic rings. The van der Waals surface area contributed by atoms with Gasteiger partial charge in [-0.3, -0.25) is 0 Å². The summed E-state index contributed by atoms with van der Waals surface area (Å²) in [5, 5.41) is 6.61. The number of rotatable bonds is 5. The second kappa shape index (κ2) is 7.92. The van der Waals surface area contributed by atoms with Crippen molar-refractivity contribution in [2.75, 3.05) is 20.7 Å². The Morgan fingerprint density at radius 1 is 1.35 bits per heavy atom. The Kier molecular flexibility index (Phi) is 5.63. The van der Waals surface area contributed by atoms with Gasteiger partial charge in [0.2, 0.25) is 0 Å². The van der Waals surface area contributed by atoms with Crippen molar-refractivity contribution in [2.45, 2.75) is 32.5 Å². The molecule has 0 bridgehead atoms. The number of carbonyl (C=O) groups excluding carboxylic acids is 2. The average molecular weight is 376 g/mol. The van der Waals surface area contributed by atoms with E-state index >= 15 is 0 Å². The van der Waals surface area contributed by atoms with Crippen molar-refractivity contribution in [1.29, 1.82) is 0 Å². The lowest BCUT2D eigenvalue weighted by Crippen LogP contribution is -2.44. The number of nitrogens with one attached hydrogen (secondary N) is 2. The monoisotopic (exact) mass is 376 g/mol. The highest BCUT2D eigenvalue weighted by Gasteiger charge is 2.24. The number of amides is 2. The Hall–Kier alpha value is -2.32. The third-order valence-electron chi connectivity index (χ3n) is 4.50. The van der Waals surface area contributed by atoms with E-state index in [4.69, 9.17) is 0 Å². The van der Waals surface area contributed by atoms with Gasteiger partial charge in [-0.15, -0.1) is 11.3 Å². The number of likely N-dealkylation sites (N-methyl/N-ethyl adjacent to an activating group) is 1. The standard InChI is InChI=1S/C18H24N4O3S/c1-12(17(23)25-3)20-18(24)19-10-14-13-6-9-21(2)11-15(13)26-16(14)22-7-4-5-8-22/h4-5,7-8,12H,6,9-11H2,1-3H3,(H2,19,20,24)/t12-/m1/s1. The largest absolute Gasteiger partial charge is 0.467 e. The van der Waals surface area contributed by atoms with Crippen molar-refractivity contribution >= 4 is 23.3 Å². The van der Waals surface area contributed by atoms with Crippen molar-refractivity contribution in [1.82, 2.24) is 20.1 Å². The highest BCUT2D eigenvalue weighted by atomic mass is 32.1. The van der Waals surface area contributed by atoms with Gasteiger partial charge in [-0.2, -0.15) is 0 Å². The van der Waals surface area contributed by atoms with Crippen LogP contribution in [-0.2, 0) is 29.0 Å². The molecule has 0 aromatic carbocycles. The molecule has 0 saturated heterocycles. The lowest BCUT2D eigenvalue weighted by Gasteiger charge is -2.23. The van der Waals surface area contributed by atoms with E-state index in [1.807, 2.05) is 24.5 Å². The summed E-state index contributed by atoms with van der Waals surface area (Å²) >= 11 is 1.77. The summed E-state index contributed by atoms with van der Waals surface area (Å²) in [4.78, 5) is 27.2. The van der Waals surface area contributed by atoms with Gasteiger partial charge in [0, 0.05) is 42.5 Å². The van der Waals surface area contributed by atoms with E-state index in [-0.39, 0.29) is 6.03 Å². The van der Waals surface area contributed by atoms with E-state index in [1.165, 1.54) is 17.6 Å². The Balaban J connectivity index is 1.76. The van der Waals surface area contributed by atoms with Gasteiger partial charge in [0.15, 0.2) is 0 Å². The lowest BCUT2D eigenvalue weighted by molar-refractivity contribution is -0.142. The fourth-order valence-electron chi connectivity index (χ4n) is 3.09. The first-order valence-corrected chi connectivity index (χ1v) is 9.38. The maximum atomic E-state index is 12.1. The number of aromatic nitrogens is 1. The third kappa shape index (κ3) is 3.91. The summed E-state index contributed by atoms with van der Waals surface area (Å²) in [6.07, 6.45) is 5.01. The molecule has 2 N–H and O–H groups in total. The Morgan fingerprint density at radius 3 is 2.77 bits per heavy atom. The van der Waals surface area contributed by atoms with Crippen LogP contribution in [0.25, 0.3) is 5.00 Å². The van der Waals surface area contributed by atoms with Crippen LogP contribution in [0.1, 0.15) is 22.9 Å². The zero-order chi connectivity index (χ0) is 18.7. The molecule has 26 heavy (non-hydrogen) atoms. The predicted octanol–water partition coefficient (Wildman–Crippen LogP) is 1.89. The van der Waals surface area contributed by atoms with Gasteiger partial charge in [0.25, 0.3) is 0 Å². The SMILES string of the molecule is COC(=O)[C@@H](C)NC(=O)NCc1c(-n2cccc2)sc2c1CCN(C)C2. The predicted molar refractivity (Wildman–Crippen MR) is 101 cm³/mol. The number of esters is 1. The fraction of sp³-hybridized carbons (Fsp3) is 0.444. The average Bonchev–Trinajstić information content (AvgIpc) is 3.26. The highest BCUT2D eigenvalue weighted by Crippen LogP contribution is 2.35. The Labute approximate surface area is 156 Å². The normalized spacial score (nSPS) is 15.2. The van der Waals surface area contributed by atoms with Crippen molar-refractivity contribution in [2.24, 2.45) is 0 Å². The van der Waals surface area contributed by atoms with Gasteiger partial charge in [-0.1, -0.05) is 0 Å². The third-order valence-corrected chi connectivity index (χ3v) is 5.78. The number of urea groups is 1. The summed E-state index contributed by atoms with van der Waals surface area (Å²) < 4.78 is 6.72. The molecule has 2 amide bonds. The second-order valence-electron chi connectivity index (χ2n) is 6.44. The molecular formula is C18H24N4O3S. The molecule has 0 aliphatic carbocycles. The van der Waals surface area contributed by atoms with Crippen LogP contribution in [0.4, 0.5) is 4.79 Å². The minimum Gasteiger partial charge on any atom is -0.467 e. The van der Waals surface area contributed by atoms with E-state index in [0.717, 1.165) is 30.1 Å². The molecule has 2 aromatic heterocycles. The summed E-state index contributed by atoms with van der Waals surface area (Å²) in [5.41, 5.74) is 2.48. The van der Waals surface area contributed by atoms with Crippen molar-refractivity contribution < 1.29 is 14.3 Å². The molecule has 1 atom stereocenters. The van der Waals surface area contributed by atoms with Crippen LogP contribution in [0.5, 0.6) is 0 Å². The van der Waals surface area contributed by atoms with Gasteiger partial charge in [-0.05, 0) is 38.1 Å². The summed E-state index contributed by atoms with van der Waals surface area (Å²) in [6, 6.07) is 2.92. The molecule has 3 rings (SSSR count). The van der Waals surface area contributed by atoms with Crippen molar-refractivity contribution in [3.05, 3.63) is 40.5 Å². The number of hydrogen-bond acceptors (Lipinski definition) is 5. The van der Waals surface area contributed by atoms with Crippen LogP contribution < -0.4 is 10.6 Å². The van der Waals surface area contributed by atoms with E-state index in [0.29, 0.717) is 6.54 Å². The van der Waals surface area contributed by atoms with Crippen molar-refractivity contribution in [3.8, 4) is 5.00 Å².